The topological polar surface area (TPSA) is 188 Å². The number of esters is 1. The molecule has 11 nitrogen and oxygen atoms in total. The van der Waals surface area contributed by atoms with Gasteiger partial charge in [-0.15, -0.1) is 0 Å². The summed E-state index contributed by atoms with van der Waals surface area (Å²) in [6, 6.07) is 2.01. The molecule has 1 aromatic carbocycles. The summed E-state index contributed by atoms with van der Waals surface area (Å²) in [4.78, 5) is 53.4. The number of hydrogen-bond donors (Lipinski definition) is 5. The smallest absolute Gasteiger partial charge is 0.302 e. The Balaban J connectivity index is 2.12. The van der Waals surface area contributed by atoms with E-state index in [4.69, 9.17) is 10.5 Å². The second-order valence-electron chi connectivity index (χ2n) is 10.8. The largest absolute Gasteiger partial charge is 0.508 e. The van der Waals surface area contributed by atoms with E-state index >= 15 is 0 Å². The third-order valence-electron chi connectivity index (χ3n) is 8.06. The average Bonchev–Trinajstić information content (AvgIpc) is 2.80. The van der Waals surface area contributed by atoms with Gasteiger partial charge < -0.3 is 30.9 Å². The summed E-state index contributed by atoms with van der Waals surface area (Å²) < 4.78 is 5.65. The number of likely N-dealkylation sites (N-methyl/N-ethyl adjacent to an activating group) is 1. The predicted octanol–water partition coefficient (Wildman–Crippen LogP) is 1.19. The highest BCUT2D eigenvalue weighted by Gasteiger charge is 2.69. The number of aromatic hydroxyl groups is 1. The van der Waals surface area contributed by atoms with Crippen molar-refractivity contribution < 1.29 is 44.3 Å². The Hall–Kier alpha value is -3.70. The van der Waals surface area contributed by atoms with Gasteiger partial charge in [0, 0.05) is 18.4 Å². The Morgan fingerprint density at radius 3 is 2.24 bits per heavy atom. The molecule has 0 spiro atoms. The Bertz CT molecular complexity index is 1340. The molecule has 4 rings (SSSR count). The van der Waals surface area contributed by atoms with Gasteiger partial charge in [-0.25, -0.2) is 0 Å². The first-order valence-corrected chi connectivity index (χ1v) is 12.3. The maximum atomic E-state index is 14.1. The molecule has 1 saturated carbocycles. The molecule has 1 amide bonds. The van der Waals surface area contributed by atoms with Gasteiger partial charge >= 0.3 is 5.97 Å². The Labute approximate surface area is 219 Å². The van der Waals surface area contributed by atoms with E-state index in [1.54, 1.807) is 19.1 Å². The lowest BCUT2D eigenvalue weighted by atomic mass is 9.54. The van der Waals surface area contributed by atoms with Crippen LogP contribution in [0, 0.1) is 11.8 Å². The van der Waals surface area contributed by atoms with Gasteiger partial charge in [-0.3, -0.25) is 24.1 Å². The number of phenols is 1. The minimum Gasteiger partial charge on any atom is -0.508 e. The number of hydrogen-bond acceptors (Lipinski definition) is 10. The molecule has 1 fully saturated rings. The number of primary amides is 1. The van der Waals surface area contributed by atoms with E-state index in [-0.39, 0.29) is 17.2 Å². The van der Waals surface area contributed by atoms with Crippen LogP contribution in [0.1, 0.15) is 56.2 Å². The van der Waals surface area contributed by atoms with Crippen molar-refractivity contribution >= 4 is 29.2 Å². The van der Waals surface area contributed by atoms with Crippen LogP contribution in [0.2, 0.25) is 0 Å². The number of Topliss-reactive ketones (excluding diaryl/α,β-unsaturated/α-hetero) is 2. The fourth-order valence-electron chi connectivity index (χ4n) is 6.40. The quantitative estimate of drug-likeness (QED) is 0.280. The van der Waals surface area contributed by atoms with Gasteiger partial charge in [-0.1, -0.05) is 32.9 Å². The van der Waals surface area contributed by atoms with E-state index in [0.29, 0.717) is 11.1 Å². The maximum absolute atomic E-state index is 14.1. The standard InChI is InChI=1S/C27H32N2O9/c1-9(2)12-7-8-13-10(3)14-16(21(32)15(13)20(12)31)24(34)27(37)18(23(14)38-11(4)30)19(29(5)6)22(33)17(25(27)35)26(28)36/h7-10,14,18-19,23,31-32,35,37H,1-6H3,(H2,28,36)/t10-,14+,18+,19-,23-,27-/m1/s1. The number of fused-ring (bicyclic) bond motifs is 3. The number of aliphatic hydroxyl groups excluding tert-OH is 2. The Morgan fingerprint density at radius 1 is 1.13 bits per heavy atom. The molecular formula is C27H32N2O9. The van der Waals surface area contributed by atoms with E-state index < -0.39 is 81.6 Å². The van der Waals surface area contributed by atoms with Crippen molar-refractivity contribution in [1.29, 1.82) is 0 Å². The molecule has 0 aromatic heterocycles. The average molecular weight is 529 g/mol. The molecule has 11 heteroatoms. The summed E-state index contributed by atoms with van der Waals surface area (Å²) >= 11 is 0. The van der Waals surface area contributed by atoms with Gasteiger partial charge in [0.05, 0.1) is 17.5 Å². The molecular weight excluding hydrogens is 496 g/mol. The molecule has 0 saturated heterocycles. The number of carbonyl (C=O) groups excluding carboxylic acids is 4. The zero-order chi connectivity index (χ0) is 28.6. The van der Waals surface area contributed by atoms with Crippen molar-refractivity contribution in [2.45, 2.75) is 57.3 Å². The minimum absolute atomic E-state index is 0.0124. The Morgan fingerprint density at radius 2 is 1.74 bits per heavy atom. The molecule has 38 heavy (non-hydrogen) atoms. The predicted molar refractivity (Wildman–Crippen MR) is 134 cm³/mol. The summed E-state index contributed by atoms with van der Waals surface area (Å²) in [6.07, 6.45) is -1.41. The lowest BCUT2D eigenvalue weighted by Gasteiger charge is -2.54. The number of nitrogens with two attached hydrogens (primary N) is 1. The number of ketones is 2. The summed E-state index contributed by atoms with van der Waals surface area (Å²) in [5, 5.41) is 45.5. The molecule has 0 unspecified atom stereocenters. The van der Waals surface area contributed by atoms with Gasteiger partial charge in [-0.05, 0) is 37.1 Å². The van der Waals surface area contributed by atoms with Crippen molar-refractivity contribution in [3.05, 3.63) is 45.7 Å². The van der Waals surface area contributed by atoms with Crippen LogP contribution in [0.4, 0.5) is 0 Å². The molecule has 0 aliphatic heterocycles. The zero-order valence-corrected chi connectivity index (χ0v) is 22.0. The van der Waals surface area contributed by atoms with Crippen LogP contribution in [-0.2, 0) is 23.9 Å². The van der Waals surface area contributed by atoms with Crippen molar-refractivity contribution in [2.24, 2.45) is 17.6 Å². The molecule has 1 aromatic rings. The third kappa shape index (κ3) is 3.48. The number of amides is 1. The van der Waals surface area contributed by atoms with Crippen LogP contribution in [0.3, 0.4) is 0 Å². The zero-order valence-electron chi connectivity index (χ0n) is 22.0. The van der Waals surface area contributed by atoms with Gasteiger partial charge in [0.25, 0.3) is 5.91 Å². The first kappa shape index (κ1) is 27.3. The summed E-state index contributed by atoms with van der Waals surface area (Å²) in [6.45, 7) is 6.50. The highest BCUT2D eigenvalue weighted by molar-refractivity contribution is 6.24. The second kappa shape index (κ2) is 8.95. The molecule has 0 radical (unpaired) electrons. The first-order chi connectivity index (χ1) is 17.6. The van der Waals surface area contributed by atoms with Crippen LogP contribution in [0.15, 0.2) is 29.0 Å². The molecule has 6 atom stereocenters. The normalized spacial score (nSPS) is 30.8. The number of phenolic OH excluding ortho intramolecular Hbond substituents is 1. The van der Waals surface area contributed by atoms with Crippen LogP contribution < -0.4 is 5.73 Å². The molecule has 3 aliphatic carbocycles. The van der Waals surface area contributed by atoms with E-state index in [2.05, 4.69) is 0 Å². The van der Waals surface area contributed by atoms with Gasteiger partial charge in [0.15, 0.2) is 11.4 Å². The molecule has 6 N–H and O–H groups in total. The fourth-order valence-corrected chi connectivity index (χ4v) is 6.40. The van der Waals surface area contributed by atoms with E-state index in [9.17, 15) is 39.6 Å². The minimum atomic E-state index is -2.95. The number of carbonyl (C=O) groups is 4. The van der Waals surface area contributed by atoms with Crippen molar-refractivity contribution in [2.75, 3.05) is 14.1 Å². The monoisotopic (exact) mass is 528 g/mol. The van der Waals surface area contributed by atoms with E-state index in [1.807, 2.05) is 13.8 Å². The van der Waals surface area contributed by atoms with Crippen molar-refractivity contribution in [3.8, 4) is 5.75 Å². The fraction of sp³-hybridized carbons (Fsp3) is 0.481. The summed E-state index contributed by atoms with van der Waals surface area (Å²) in [5.74, 6) is -9.85. The second-order valence-corrected chi connectivity index (χ2v) is 10.8. The third-order valence-corrected chi connectivity index (χ3v) is 8.06. The lowest BCUT2D eigenvalue weighted by molar-refractivity contribution is -0.184. The number of rotatable bonds is 4. The van der Waals surface area contributed by atoms with Crippen LogP contribution in [0.5, 0.6) is 5.75 Å². The molecule has 0 heterocycles. The maximum Gasteiger partial charge on any atom is 0.302 e. The van der Waals surface area contributed by atoms with Crippen molar-refractivity contribution in [3.63, 3.8) is 0 Å². The van der Waals surface area contributed by atoms with Gasteiger partial charge in [0.2, 0.25) is 5.78 Å². The van der Waals surface area contributed by atoms with Crippen LogP contribution in [0.25, 0.3) is 5.76 Å². The first-order valence-electron chi connectivity index (χ1n) is 12.3. The number of benzene rings is 1. The number of nitrogens with zero attached hydrogens (tertiary/aromatic N) is 1. The number of ether oxygens (including phenoxy) is 1. The van der Waals surface area contributed by atoms with E-state index in [1.165, 1.54) is 19.0 Å². The van der Waals surface area contributed by atoms with Crippen LogP contribution >= 0.6 is 0 Å². The highest BCUT2D eigenvalue weighted by atomic mass is 16.5. The number of aliphatic hydroxyl groups is 3. The van der Waals surface area contributed by atoms with Gasteiger partial charge in [0.1, 0.15) is 28.9 Å². The van der Waals surface area contributed by atoms with Crippen molar-refractivity contribution in [1.82, 2.24) is 4.90 Å². The lowest BCUT2D eigenvalue weighted by Crippen LogP contribution is -2.71. The molecule has 3 aliphatic rings. The Kier molecular flexibility index (Phi) is 6.44. The molecule has 204 valence electrons. The SMILES string of the molecule is CC(=O)O[C@@H]1[C@@H]2C(=C(O)c3c(ccc(C(C)C)c3O)[C@H]2C)C(=O)[C@@]2(O)C(O)=C(C(N)=O)C(=O)[C@H](N(C)C)[C@@H]12. The van der Waals surface area contributed by atoms with Gasteiger partial charge in [-0.2, -0.15) is 0 Å². The summed E-state index contributed by atoms with van der Waals surface area (Å²) in [7, 11) is 2.93. The van der Waals surface area contributed by atoms with Crippen LogP contribution in [-0.4, -0.2) is 80.6 Å². The molecule has 0 bridgehead atoms. The highest BCUT2D eigenvalue weighted by Crippen LogP contribution is 2.57. The summed E-state index contributed by atoms with van der Waals surface area (Å²) in [5.41, 5.74) is 2.03. The van der Waals surface area contributed by atoms with E-state index in [0.717, 1.165) is 6.92 Å².